The molecule has 0 N–H and O–H groups in total. The summed E-state index contributed by atoms with van der Waals surface area (Å²) in [5.41, 5.74) is 0. The Morgan fingerprint density at radius 3 is 0.333 bits per heavy atom. The minimum atomic E-state index is 0. The molecule has 0 aliphatic rings. The second-order valence-corrected chi connectivity index (χ2v) is 0. The zero-order valence-corrected chi connectivity index (χ0v) is 36.2. The molecule has 24 valence electrons. The maximum atomic E-state index is 0. The molecular formula is Ba3Bi3Na3. The van der Waals surface area contributed by atoms with Crippen LogP contribution in [0.15, 0.2) is 0 Å². The van der Waals surface area contributed by atoms with Crippen LogP contribution in [0.5, 0.6) is 0 Å². The fourth-order valence-corrected chi connectivity index (χ4v) is 0. The molecule has 18 radical (unpaired) electrons. The molecule has 9 heteroatoms. The predicted octanol–water partition coefficient (Wildman–Crippen LogP) is -3.43. The van der Waals surface area contributed by atoms with E-state index in [4.69, 9.17) is 0 Å². The first-order chi connectivity index (χ1) is 0. The molecule has 0 aliphatic heterocycles. The molecule has 0 rings (SSSR count). The summed E-state index contributed by atoms with van der Waals surface area (Å²) >= 11 is 0. The minimum Gasteiger partial charge on any atom is 0 e. The Morgan fingerprint density at radius 2 is 0.333 bits per heavy atom. The molecule has 0 amide bonds. The van der Waals surface area contributed by atoms with E-state index in [1.807, 2.05) is 0 Å². The van der Waals surface area contributed by atoms with Gasteiger partial charge in [-0.15, -0.1) is 0 Å². The summed E-state index contributed by atoms with van der Waals surface area (Å²) < 4.78 is 0. The zero-order chi connectivity index (χ0) is 0. The van der Waals surface area contributed by atoms with E-state index in [0.29, 0.717) is 0 Å². The van der Waals surface area contributed by atoms with Crippen molar-refractivity contribution in [2.45, 2.75) is 0 Å². The topological polar surface area (TPSA) is 0 Å². The third-order valence-corrected chi connectivity index (χ3v) is 0. The van der Waals surface area contributed by atoms with Crippen LogP contribution in [0.3, 0.4) is 0 Å². The second kappa shape index (κ2) is 51.5. The van der Waals surface area contributed by atoms with Gasteiger partial charge in [-0.25, -0.2) is 0 Å². The van der Waals surface area contributed by atoms with E-state index in [2.05, 4.69) is 0 Å². The van der Waals surface area contributed by atoms with Crippen LogP contribution in [0.2, 0.25) is 0 Å². The van der Waals surface area contributed by atoms with Crippen molar-refractivity contribution in [1.82, 2.24) is 0 Å². The Bertz CT molecular complexity index is 14.3. The van der Waals surface area contributed by atoms with Gasteiger partial charge in [0.25, 0.3) is 0 Å². The average molecular weight is 1110 g/mol. The Balaban J connectivity index is 0. The Labute approximate surface area is 302 Å². The molecule has 0 nitrogen and oxygen atoms in total. The van der Waals surface area contributed by atoms with Crippen molar-refractivity contribution in [3.05, 3.63) is 0 Å². The maximum Gasteiger partial charge on any atom is 0 e. The minimum absolute atomic E-state index is 0. The van der Waals surface area contributed by atoms with Gasteiger partial charge in [0.05, 0.1) is 0 Å². The Hall–Kier alpha value is 10.4. The molecule has 9 heavy (non-hydrogen) atoms. The van der Waals surface area contributed by atoms with Crippen LogP contribution in [0.1, 0.15) is 0 Å². The average Bonchev–Trinajstić information content (AvgIpc) is 0. The first-order valence-corrected chi connectivity index (χ1v) is 0. The van der Waals surface area contributed by atoms with E-state index in [1.54, 1.807) is 0 Å². The molecule has 0 heterocycles. The SMILES string of the molecule is [Ba].[Ba].[Ba].[Bi].[Bi].[Bi].[Na].[Na].[Na]. The van der Waals surface area contributed by atoms with Gasteiger partial charge in [-0.05, 0) is 0 Å². The Morgan fingerprint density at radius 1 is 0.333 bits per heavy atom. The van der Waals surface area contributed by atoms with Crippen molar-refractivity contribution < 1.29 is 0 Å². The molecule has 0 aromatic rings. The van der Waals surface area contributed by atoms with Crippen molar-refractivity contribution in [1.29, 1.82) is 0 Å². The summed E-state index contributed by atoms with van der Waals surface area (Å²) in [7, 11) is 0. The van der Waals surface area contributed by atoms with Crippen molar-refractivity contribution in [3.8, 4) is 0 Å². The molecule has 0 fully saturated rings. The first kappa shape index (κ1) is 60.8. The van der Waals surface area contributed by atoms with Crippen LogP contribution >= 0.6 is 0 Å². The molecule has 0 atom stereocenters. The summed E-state index contributed by atoms with van der Waals surface area (Å²) in [6, 6.07) is 0. The van der Waals surface area contributed by atoms with Gasteiger partial charge >= 0.3 is 0 Å². The fourth-order valence-electron chi connectivity index (χ4n) is 0. The summed E-state index contributed by atoms with van der Waals surface area (Å²) in [5, 5.41) is 0. The zero-order valence-electron chi connectivity index (χ0n) is 6.46. The number of hydrogen-bond acceptors (Lipinski definition) is 0. The van der Waals surface area contributed by atoms with E-state index in [1.165, 1.54) is 0 Å². The largest absolute Gasteiger partial charge is 0 e. The summed E-state index contributed by atoms with van der Waals surface area (Å²) in [6.45, 7) is 0. The van der Waals surface area contributed by atoms with Crippen molar-refractivity contribution in [3.63, 3.8) is 0 Å². The third kappa shape index (κ3) is 45.8. The third-order valence-electron chi connectivity index (χ3n) is 0. The second-order valence-electron chi connectivity index (χ2n) is 0. The smallest absolute Gasteiger partial charge is 0 e. The summed E-state index contributed by atoms with van der Waals surface area (Å²) in [5.74, 6) is 0. The molecule has 0 bridgehead atoms. The molecular weight excluding hydrogens is 1110 g/mol. The molecule has 0 aliphatic carbocycles. The molecule has 0 unspecified atom stereocenters. The van der Waals surface area contributed by atoms with E-state index in [-0.39, 0.29) is 314 Å². The monoisotopic (exact) mass is 1110 g/mol. The van der Waals surface area contributed by atoms with Gasteiger partial charge in [-0.1, -0.05) is 0 Å². The fraction of sp³-hybridized carbons (Fsp3) is 0. The number of hydrogen-bond donors (Lipinski definition) is 0. The van der Waals surface area contributed by atoms with E-state index >= 15 is 0 Å². The molecule has 0 saturated heterocycles. The van der Waals surface area contributed by atoms with Gasteiger partial charge in [0.1, 0.15) is 0 Å². The van der Waals surface area contributed by atoms with Crippen molar-refractivity contribution >= 4 is 314 Å². The van der Waals surface area contributed by atoms with Gasteiger partial charge in [0.2, 0.25) is 0 Å². The summed E-state index contributed by atoms with van der Waals surface area (Å²) in [6.07, 6.45) is 0. The van der Waals surface area contributed by atoms with Gasteiger partial charge in [-0.3, -0.25) is 0 Å². The van der Waals surface area contributed by atoms with E-state index in [0.717, 1.165) is 0 Å². The normalized spacial score (nSPS) is 0. The molecule has 0 aromatic heterocycles. The number of rotatable bonds is 0. The van der Waals surface area contributed by atoms with Crippen molar-refractivity contribution in [2.75, 3.05) is 0 Å². The quantitative estimate of drug-likeness (QED) is 0.222. The van der Waals surface area contributed by atoms with Crippen LogP contribution in [0.4, 0.5) is 0 Å². The van der Waals surface area contributed by atoms with Gasteiger partial charge < -0.3 is 0 Å². The van der Waals surface area contributed by atoms with Gasteiger partial charge in [0, 0.05) is 314 Å². The van der Waals surface area contributed by atoms with Crippen LogP contribution in [0.25, 0.3) is 0 Å². The summed E-state index contributed by atoms with van der Waals surface area (Å²) in [4.78, 5) is 0. The Kier molecular flexibility index (Phi) is 348. The van der Waals surface area contributed by atoms with Crippen LogP contribution < -0.4 is 0 Å². The van der Waals surface area contributed by atoms with E-state index < -0.39 is 0 Å². The van der Waals surface area contributed by atoms with Crippen molar-refractivity contribution in [2.24, 2.45) is 0 Å². The standard InChI is InChI=1S/3Ba.3Bi.3Na. The predicted molar refractivity (Wildman–Crippen MR) is 51.8 cm³/mol. The van der Waals surface area contributed by atoms with Gasteiger partial charge in [0.15, 0.2) is 0 Å². The maximum absolute atomic E-state index is 0. The van der Waals surface area contributed by atoms with Crippen LogP contribution in [-0.2, 0) is 0 Å². The first-order valence-electron chi connectivity index (χ1n) is 0. The van der Waals surface area contributed by atoms with E-state index in [9.17, 15) is 0 Å². The van der Waals surface area contributed by atoms with Crippen LogP contribution in [-0.4, -0.2) is 314 Å². The molecule has 0 spiro atoms. The molecule has 0 aromatic carbocycles. The molecule has 0 saturated carbocycles. The van der Waals surface area contributed by atoms with Crippen LogP contribution in [0, 0.1) is 0 Å². The van der Waals surface area contributed by atoms with Gasteiger partial charge in [-0.2, -0.15) is 0 Å².